The third-order valence-corrected chi connectivity index (χ3v) is 3.20. The number of rotatable bonds is 3. The average Bonchev–Trinajstić information content (AvgIpc) is 2.77. The maximum atomic E-state index is 5.76. The van der Waals surface area contributed by atoms with Gasteiger partial charge in [0.25, 0.3) is 0 Å². The summed E-state index contributed by atoms with van der Waals surface area (Å²) in [5, 5.41) is 0. The van der Waals surface area contributed by atoms with Gasteiger partial charge in [0, 0.05) is 31.2 Å². The minimum atomic E-state index is 0.328. The van der Waals surface area contributed by atoms with Gasteiger partial charge in [-0.05, 0) is 26.3 Å². The van der Waals surface area contributed by atoms with Crippen molar-refractivity contribution in [3.05, 3.63) is 24.3 Å². The van der Waals surface area contributed by atoms with Gasteiger partial charge in [-0.2, -0.15) is 0 Å². The van der Waals surface area contributed by atoms with Crippen LogP contribution in [0.15, 0.2) is 18.6 Å². The van der Waals surface area contributed by atoms with Crippen molar-refractivity contribution >= 4 is 0 Å². The minimum absolute atomic E-state index is 0.328. The molecule has 2 rings (SSSR count). The fraction of sp³-hybridized carbons (Fsp3) is 0.636. The number of likely N-dealkylation sites (tertiary alicyclic amines) is 1. The molecule has 0 saturated carbocycles. The summed E-state index contributed by atoms with van der Waals surface area (Å²) in [5.74, 6) is 0. The highest BCUT2D eigenvalue weighted by Crippen LogP contribution is 2.26. The molecule has 4 nitrogen and oxygen atoms in total. The maximum Gasteiger partial charge on any atom is 0.0755 e. The van der Waals surface area contributed by atoms with Gasteiger partial charge in [0.2, 0.25) is 0 Å². The Bertz CT molecular complexity index is 301. The summed E-state index contributed by atoms with van der Waals surface area (Å²) in [4.78, 5) is 10.9. The number of hydrogen-bond acceptors (Lipinski definition) is 4. The fourth-order valence-corrected chi connectivity index (χ4v) is 2.32. The molecule has 15 heavy (non-hydrogen) atoms. The monoisotopic (exact) mass is 206 g/mol. The number of nitrogens with two attached hydrogens (primary N) is 1. The standard InChI is InChI=1S/C11H18N4/c1-9(11-8-13-4-5-14-11)15-6-2-3-10(15)7-12/h4-5,8-10H,2-3,6-7,12H2,1H3/t9-,10+/m1/s1. The molecule has 0 bridgehead atoms. The topological polar surface area (TPSA) is 55.0 Å². The van der Waals surface area contributed by atoms with Crippen molar-refractivity contribution in [2.45, 2.75) is 31.8 Å². The molecule has 1 aliphatic heterocycles. The van der Waals surface area contributed by atoms with E-state index in [2.05, 4.69) is 21.8 Å². The van der Waals surface area contributed by atoms with E-state index in [0.29, 0.717) is 12.1 Å². The molecule has 0 spiro atoms. The van der Waals surface area contributed by atoms with E-state index in [1.165, 1.54) is 12.8 Å². The highest BCUT2D eigenvalue weighted by molar-refractivity contribution is 5.03. The van der Waals surface area contributed by atoms with Gasteiger partial charge >= 0.3 is 0 Å². The molecule has 1 saturated heterocycles. The van der Waals surface area contributed by atoms with E-state index in [9.17, 15) is 0 Å². The van der Waals surface area contributed by atoms with Crippen LogP contribution in [0.25, 0.3) is 0 Å². The van der Waals surface area contributed by atoms with E-state index in [-0.39, 0.29) is 0 Å². The predicted octanol–water partition coefficient (Wildman–Crippen LogP) is 0.961. The molecular formula is C11H18N4. The Morgan fingerprint density at radius 3 is 3.13 bits per heavy atom. The van der Waals surface area contributed by atoms with Gasteiger partial charge in [-0.15, -0.1) is 0 Å². The highest BCUT2D eigenvalue weighted by Gasteiger charge is 2.28. The second-order valence-electron chi connectivity index (χ2n) is 4.08. The van der Waals surface area contributed by atoms with Crippen LogP contribution in [-0.4, -0.2) is 34.0 Å². The van der Waals surface area contributed by atoms with E-state index in [1.54, 1.807) is 12.4 Å². The van der Waals surface area contributed by atoms with E-state index in [1.807, 2.05) is 6.20 Å². The molecule has 82 valence electrons. The Hall–Kier alpha value is -1.00. The fourth-order valence-electron chi connectivity index (χ4n) is 2.32. The predicted molar refractivity (Wildman–Crippen MR) is 59.2 cm³/mol. The van der Waals surface area contributed by atoms with E-state index < -0.39 is 0 Å². The van der Waals surface area contributed by atoms with Crippen LogP contribution in [0.1, 0.15) is 31.5 Å². The lowest BCUT2D eigenvalue weighted by molar-refractivity contribution is 0.193. The van der Waals surface area contributed by atoms with Gasteiger partial charge in [-0.25, -0.2) is 0 Å². The average molecular weight is 206 g/mol. The SMILES string of the molecule is C[C@H](c1cnccn1)N1CCC[C@H]1CN. The molecule has 1 aliphatic rings. The molecule has 0 amide bonds. The third-order valence-electron chi connectivity index (χ3n) is 3.20. The Morgan fingerprint density at radius 2 is 2.47 bits per heavy atom. The van der Waals surface area contributed by atoms with Gasteiger partial charge in [-0.3, -0.25) is 14.9 Å². The zero-order valence-corrected chi connectivity index (χ0v) is 9.13. The quantitative estimate of drug-likeness (QED) is 0.800. The van der Waals surface area contributed by atoms with Gasteiger partial charge in [-0.1, -0.05) is 0 Å². The van der Waals surface area contributed by atoms with Gasteiger partial charge in [0.15, 0.2) is 0 Å². The third kappa shape index (κ3) is 2.16. The molecule has 0 aliphatic carbocycles. The summed E-state index contributed by atoms with van der Waals surface area (Å²) in [6, 6.07) is 0.844. The molecule has 2 atom stereocenters. The zero-order chi connectivity index (χ0) is 10.7. The summed E-state index contributed by atoms with van der Waals surface area (Å²) in [6.45, 7) is 4.04. The highest BCUT2D eigenvalue weighted by atomic mass is 15.2. The maximum absolute atomic E-state index is 5.76. The van der Waals surface area contributed by atoms with Crippen LogP contribution in [0.4, 0.5) is 0 Å². The van der Waals surface area contributed by atoms with Crippen LogP contribution >= 0.6 is 0 Å². The molecular weight excluding hydrogens is 188 g/mol. The summed E-state index contributed by atoms with van der Waals surface area (Å²) in [6.07, 6.45) is 7.75. The molecule has 2 heterocycles. The zero-order valence-electron chi connectivity index (χ0n) is 9.13. The summed E-state index contributed by atoms with van der Waals surface area (Å²) < 4.78 is 0. The lowest BCUT2D eigenvalue weighted by atomic mass is 10.1. The first kappa shape index (κ1) is 10.5. The molecule has 1 fully saturated rings. The van der Waals surface area contributed by atoms with E-state index in [4.69, 9.17) is 5.73 Å². The molecule has 2 N–H and O–H groups in total. The normalized spacial score (nSPS) is 24.3. The molecule has 0 radical (unpaired) electrons. The largest absolute Gasteiger partial charge is 0.329 e. The summed E-state index contributed by atoms with van der Waals surface area (Å²) in [5.41, 5.74) is 6.80. The second-order valence-corrected chi connectivity index (χ2v) is 4.08. The van der Waals surface area contributed by atoms with Crippen LogP contribution in [0.2, 0.25) is 0 Å². The molecule has 0 unspecified atom stereocenters. The minimum Gasteiger partial charge on any atom is -0.329 e. The number of nitrogens with zero attached hydrogens (tertiary/aromatic N) is 3. The van der Waals surface area contributed by atoms with Crippen LogP contribution in [0, 0.1) is 0 Å². The molecule has 1 aromatic heterocycles. The van der Waals surface area contributed by atoms with Crippen LogP contribution < -0.4 is 5.73 Å². The van der Waals surface area contributed by atoms with Crippen LogP contribution in [0.5, 0.6) is 0 Å². The molecule has 4 heteroatoms. The summed E-state index contributed by atoms with van der Waals surface area (Å²) in [7, 11) is 0. The van der Waals surface area contributed by atoms with Crippen molar-refractivity contribution in [2.24, 2.45) is 5.73 Å². The lowest BCUT2D eigenvalue weighted by Crippen LogP contribution is -2.37. The van der Waals surface area contributed by atoms with E-state index in [0.717, 1.165) is 18.8 Å². The summed E-state index contributed by atoms with van der Waals surface area (Å²) >= 11 is 0. The van der Waals surface area contributed by atoms with Gasteiger partial charge in [0.1, 0.15) is 0 Å². The van der Waals surface area contributed by atoms with Crippen molar-refractivity contribution in [1.29, 1.82) is 0 Å². The van der Waals surface area contributed by atoms with Crippen LogP contribution in [-0.2, 0) is 0 Å². The lowest BCUT2D eigenvalue weighted by Gasteiger charge is -2.29. The van der Waals surface area contributed by atoms with E-state index >= 15 is 0 Å². The second kappa shape index (κ2) is 4.68. The van der Waals surface area contributed by atoms with Gasteiger partial charge in [0.05, 0.1) is 11.7 Å². The number of aromatic nitrogens is 2. The smallest absolute Gasteiger partial charge is 0.0755 e. The van der Waals surface area contributed by atoms with Crippen molar-refractivity contribution < 1.29 is 0 Å². The first-order valence-corrected chi connectivity index (χ1v) is 5.54. The van der Waals surface area contributed by atoms with Crippen molar-refractivity contribution in [2.75, 3.05) is 13.1 Å². The first-order valence-electron chi connectivity index (χ1n) is 5.54. The Balaban J connectivity index is 2.10. The Morgan fingerprint density at radius 1 is 1.60 bits per heavy atom. The van der Waals surface area contributed by atoms with Crippen molar-refractivity contribution in [3.63, 3.8) is 0 Å². The first-order chi connectivity index (χ1) is 7.33. The Labute approximate surface area is 90.5 Å². The van der Waals surface area contributed by atoms with Crippen LogP contribution in [0.3, 0.4) is 0 Å². The Kier molecular flexibility index (Phi) is 3.28. The molecule has 0 aromatic carbocycles. The number of hydrogen-bond donors (Lipinski definition) is 1. The van der Waals surface area contributed by atoms with Crippen molar-refractivity contribution in [1.82, 2.24) is 14.9 Å². The van der Waals surface area contributed by atoms with Crippen molar-refractivity contribution in [3.8, 4) is 0 Å². The van der Waals surface area contributed by atoms with Gasteiger partial charge < -0.3 is 5.73 Å². The molecule has 1 aromatic rings.